The summed E-state index contributed by atoms with van der Waals surface area (Å²) < 4.78 is 0. The molecule has 0 aliphatic rings. The van der Waals surface area contributed by atoms with E-state index in [2.05, 4.69) is 16.0 Å². The van der Waals surface area contributed by atoms with Crippen LogP contribution in [0, 0.1) is 5.92 Å². The Balaban J connectivity index is 3.06. The van der Waals surface area contributed by atoms with Crippen molar-refractivity contribution in [3.8, 4) is 0 Å². The van der Waals surface area contributed by atoms with Gasteiger partial charge in [-0.3, -0.25) is 14.4 Å². The first-order chi connectivity index (χ1) is 14.5. The van der Waals surface area contributed by atoms with Crippen molar-refractivity contribution < 1.29 is 29.4 Å². The van der Waals surface area contributed by atoms with E-state index in [1.54, 1.807) is 30.3 Å². The Bertz CT molecular complexity index is 753. The van der Waals surface area contributed by atoms with E-state index in [0.29, 0.717) is 6.42 Å². The van der Waals surface area contributed by atoms with E-state index in [1.165, 1.54) is 6.92 Å². The van der Waals surface area contributed by atoms with Gasteiger partial charge in [0.15, 0.2) is 0 Å². The van der Waals surface area contributed by atoms with Gasteiger partial charge in [-0.05, 0) is 24.8 Å². The molecule has 0 spiro atoms. The molecule has 0 radical (unpaired) electrons. The quantitative estimate of drug-likeness (QED) is 0.248. The second kappa shape index (κ2) is 12.7. The number of hydrogen-bond acceptors (Lipinski definition) is 6. The number of carboxylic acid groups (broad SMARTS) is 1. The summed E-state index contributed by atoms with van der Waals surface area (Å²) in [4.78, 5) is 48.8. The minimum Gasteiger partial charge on any atom is -0.480 e. The molecule has 1 rings (SSSR count). The zero-order valence-corrected chi connectivity index (χ0v) is 18.0. The summed E-state index contributed by atoms with van der Waals surface area (Å²) in [5, 5.41) is 25.7. The van der Waals surface area contributed by atoms with Gasteiger partial charge < -0.3 is 31.9 Å². The molecule has 0 aliphatic carbocycles. The molecule has 10 nitrogen and oxygen atoms in total. The average molecular weight is 437 g/mol. The number of rotatable bonds is 12. The van der Waals surface area contributed by atoms with Gasteiger partial charge in [0, 0.05) is 6.42 Å². The van der Waals surface area contributed by atoms with Gasteiger partial charge in [-0.1, -0.05) is 44.2 Å². The highest BCUT2D eigenvalue weighted by atomic mass is 16.4. The first-order valence-corrected chi connectivity index (χ1v) is 10.1. The lowest BCUT2D eigenvalue weighted by molar-refractivity contribution is -0.143. The molecule has 1 aromatic rings. The number of amides is 3. The summed E-state index contributed by atoms with van der Waals surface area (Å²) in [6.45, 7) is 4.45. The van der Waals surface area contributed by atoms with Crippen molar-refractivity contribution in [1.29, 1.82) is 0 Å². The average Bonchev–Trinajstić information content (AvgIpc) is 2.70. The summed E-state index contributed by atoms with van der Waals surface area (Å²) >= 11 is 0. The number of aliphatic carboxylic acids is 1. The number of benzene rings is 1. The molecule has 0 aromatic heterocycles. The topological polar surface area (TPSA) is 171 Å². The van der Waals surface area contributed by atoms with Crippen LogP contribution in [0.2, 0.25) is 0 Å². The van der Waals surface area contributed by atoms with Crippen molar-refractivity contribution in [2.24, 2.45) is 11.7 Å². The van der Waals surface area contributed by atoms with Gasteiger partial charge in [-0.15, -0.1) is 0 Å². The van der Waals surface area contributed by atoms with Crippen molar-refractivity contribution in [2.75, 3.05) is 6.61 Å². The Morgan fingerprint density at radius 3 is 1.87 bits per heavy atom. The molecule has 31 heavy (non-hydrogen) atoms. The van der Waals surface area contributed by atoms with Crippen molar-refractivity contribution >= 4 is 23.7 Å². The van der Waals surface area contributed by atoms with E-state index < -0.39 is 54.5 Å². The summed E-state index contributed by atoms with van der Waals surface area (Å²) in [5.74, 6) is -3.19. The number of aliphatic hydroxyl groups excluding tert-OH is 1. The first kappa shape index (κ1) is 26.1. The van der Waals surface area contributed by atoms with Crippen LogP contribution < -0.4 is 21.7 Å². The third-order valence-corrected chi connectivity index (χ3v) is 4.47. The molecule has 3 amide bonds. The van der Waals surface area contributed by atoms with E-state index in [1.807, 2.05) is 13.8 Å². The molecule has 0 fully saturated rings. The van der Waals surface area contributed by atoms with Crippen LogP contribution in [0.1, 0.15) is 32.8 Å². The third-order valence-electron chi connectivity index (χ3n) is 4.47. The predicted octanol–water partition coefficient (Wildman–Crippen LogP) is -0.846. The summed E-state index contributed by atoms with van der Waals surface area (Å²) in [5.41, 5.74) is 6.31. The monoisotopic (exact) mass is 436 g/mol. The van der Waals surface area contributed by atoms with Crippen molar-refractivity contribution in [1.82, 2.24) is 16.0 Å². The van der Waals surface area contributed by atoms with Crippen LogP contribution >= 0.6 is 0 Å². The molecule has 172 valence electrons. The van der Waals surface area contributed by atoms with Gasteiger partial charge in [0.25, 0.3) is 0 Å². The van der Waals surface area contributed by atoms with Crippen LogP contribution in [0.15, 0.2) is 30.3 Å². The van der Waals surface area contributed by atoms with Crippen LogP contribution in [0.3, 0.4) is 0 Å². The number of nitrogens with one attached hydrogen (secondary N) is 3. The van der Waals surface area contributed by atoms with E-state index in [0.717, 1.165) is 5.56 Å². The van der Waals surface area contributed by atoms with E-state index >= 15 is 0 Å². The molecule has 4 atom stereocenters. The lowest BCUT2D eigenvalue weighted by Crippen LogP contribution is -2.58. The Hall–Kier alpha value is -2.98. The fourth-order valence-electron chi connectivity index (χ4n) is 2.80. The van der Waals surface area contributed by atoms with Gasteiger partial charge in [0.1, 0.15) is 18.1 Å². The molecule has 0 heterocycles. The van der Waals surface area contributed by atoms with Gasteiger partial charge >= 0.3 is 5.97 Å². The van der Waals surface area contributed by atoms with E-state index in [9.17, 15) is 24.3 Å². The van der Waals surface area contributed by atoms with Crippen LogP contribution in [0.4, 0.5) is 0 Å². The lowest BCUT2D eigenvalue weighted by atomic mass is 10.0. The Labute approximate surface area is 181 Å². The van der Waals surface area contributed by atoms with Crippen molar-refractivity contribution in [3.05, 3.63) is 35.9 Å². The molecule has 0 aliphatic heterocycles. The molecular formula is C21H32N4O6. The van der Waals surface area contributed by atoms with E-state index in [-0.39, 0.29) is 12.3 Å². The number of hydrogen-bond donors (Lipinski definition) is 6. The fraction of sp³-hybridized carbons (Fsp3) is 0.524. The van der Waals surface area contributed by atoms with Crippen molar-refractivity contribution in [3.63, 3.8) is 0 Å². The van der Waals surface area contributed by atoms with Gasteiger partial charge in [-0.25, -0.2) is 4.79 Å². The number of aliphatic hydroxyl groups is 1. The number of nitrogens with two attached hydrogens (primary N) is 1. The fourth-order valence-corrected chi connectivity index (χ4v) is 2.80. The summed E-state index contributed by atoms with van der Waals surface area (Å²) in [7, 11) is 0. The summed E-state index contributed by atoms with van der Waals surface area (Å²) in [6, 6.07) is 4.49. The lowest BCUT2D eigenvalue weighted by Gasteiger charge is -2.25. The number of carboxylic acids is 1. The zero-order valence-electron chi connectivity index (χ0n) is 18.0. The number of carbonyl (C=O) groups excluding carboxylic acids is 3. The van der Waals surface area contributed by atoms with Crippen LogP contribution in [0.25, 0.3) is 0 Å². The highest BCUT2D eigenvalue weighted by Gasteiger charge is 2.30. The Morgan fingerprint density at radius 1 is 0.871 bits per heavy atom. The minimum absolute atomic E-state index is 0.0660. The van der Waals surface area contributed by atoms with Gasteiger partial charge in [0.05, 0.1) is 12.6 Å². The normalized spacial score (nSPS) is 14.8. The van der Waals surface area contributed by atoms with Gasteiger partial charge in [-0.2, -0.15) is 0 Å². The summed E-state index contributed by atoms with van der Waals surface area (Å²) in [6.07, 6.45) is 0.407. The highest BCUT2D eigenvalue weighted by molar-refractivity contribution is 5.94. The standard InChI is InChI=1S/C21H32N4O6/c1-12(2)9-15(23-18(27)13(3)22)19(28)24-16(10-14-7-5-4-6-8-14)20(29)25-17(11-26)21(30)31/h4-8,12-13,15-17,26H,9-11,22H2,1-3H3,(H,23,27)(H,24,28)(H,25,29)(H,30,31). The van der Waals surface area contributed by atoms with Crippen LogP contribution in [-0.2, 0) is 25.6 Å². The predicted molar refractivity (Wildman–Crippen MR) is 114 cm³/mol. The Morgan fingerprint density at radius 2 is 1.39 bits per heavy atom. The SMILES string of the molecule is CC(C)CC(NC(=O)C(C)N)C(=O)NC(Cc1ccccc1)C(=O)NC(CO)C(=O)O. The largest absolute Gasteiger partial charge is 0.480 e. The Kier molecular flexibility index (Phi) is 10.6. The maximum Gasteiger partial charge on any atom is 0.328 e. The smallest absolute Gasteiger partial charge is 0.328 e. The maximum atomic E-state index is 12.9. The molecule has 1 aromatic carbocycles. The van der Waals surface area contributed by atoms with Gasteiger partial charge in [0.2, 0.25) is 17.7 Å². The molecule has 0 bridgehead atoms. The highest BCUT2D eigenvalue weighted by Crippen LogP contribution is 2.08. The minimum atomic E-state index is -1.51. The molecule has 4 unspecified atom stereocenters. The number of carbonyl (C=O) groups is 4. The second-order valence-corrected chi connectivity index (χ2v) is 7.81. The first-order valence-electron chi connectivity index (χ1n) is 10.1. The zero-order chi connectivity index (χ0) is 23.6. The molecule has 10 heteroatoms. The third kappa shape index (κ3) is 9.14. The molecular weight excluding hydrogens is 404 g/mol. The van der Waals surface area contributed by atoms with Crippen LogP contribution in [0.5, 0.6) is 0 Å². The maximum absolute atomic E-state index is 12.9. The van der Waals surface area contributed by atoms with Crippen molar-refractivity contribution in [2.45, 2.75) is 57.8 Å². The second-order valence-electron chi connectivity index (χ2n) is 7.81. The molecule has 0 saturated heterocycles. The van der Waals surface area contributed by atoms with Crippen LogP contribution in [-0.4, -0.2) is 64.7 Å². The molecule has 0 saturated carbocycles. The van der Waals surface area contributed by atoms with E-state index in [4.69, 9.17) is 10.8 Å². The molecule has 7 N–H and O–H groups in total.